The van der Waals surface area contributed by atoms with Crippen molar-refractivity contribution in [2.75, 3.05) is 20.7 Å². The van der Waals surface area contributed by atoms with Gasteiger partial charge in [-0.1, -0.05) is 11.2 Å². The maximum absolute atomic E-state index is 10.6. The lowest BCUT2D eigenvalue weighted by atomic mass is 10.0. The van der Waals surface area contributed by atoms with Crippen molar-refractivity contribution in [3.8, 4) is 5.75 Å². The molecule has 0 radical (unpaired) electrons. The van der Waals surface area contributed by atoms with Gasteiger partial charge in [0.2, 0.25) is 0 Å². The summed E-state index contributed by atoms with van der Waals surface area (Å²) in [5.74, 6) is 0.817. The third kappa shape index (κ3) is 2.00. The predicted molar refractivity (Wildman–Crippen MR) is 74.5 cm³/mol. The zero-order chi connectivity index (χ0) is 13.4. The highest BCUT2D eigenvalue weighted by Gasteiger charge is 2.23. The van der Waals surface area contributed by atoms with Crippen LogP contribution < -0.4 is 4.74 Å². The third-order valence-corrected chi connectivity index (χ3v) is 3.80. The SMILES string of the molecule is CN(C)C1COc2c(CN=O)ccc3[nH]cc(c23)C1. The van der Waals surface area contributed by atoms with Crippen molar-refractivity contribution in [3.05, 3.63) is 34.4 Å². The van der Waals surface area contributed by atoms with Gasteiger partial charge < -0.3 is 14.6 Å². The van der Waals surface area contributed by atoms with Crippen LogP contribution in [0.1, 0.15) is 11.1 Å². The van der Waals surface area contributed by atoms with E-state index in [4.69, 9.17) is 4.74 Å². The van der Waals surface area contributed by atoms with E-state index >= 15 is 0 Å². The summed E-state index contributed by atoms with van der Waals surface area (Å²) in [5.41, 5.74) is 3.16. The zero-order valence-corrected chi connectivity index (χ0v) is 11.1. The van der Waals surface area contributed by atoms with Gasteiger partial charge in [0.25, 0.3) is 0 Å². The molecule has 5 heteroatoms. The molecule has 2 aromatic rings. The number of benzene rings is 1. The third-order valence-electron chi connectivity index (χ3n) is 3.80. The highest BCUT2D eigenvalue weighted by molar-refractivity contribution is 5.91. The van der Waals surface area contributed by atoms with E-state index in [9.17, 15) is 4.91 Å². The first kappa shape index (κ1) is 12.2. The van der Waals surface area contributed by atoms with Gasteiger partial charge in [0.15, 0.2) is 0 Å². The maximum Gasteiger partial charge on any atom is 0.134 e. The van der Waals surface area contributed by atoms with Crippen molar-refractivity contribution in [1.29, 1.82) is 0 Å². The summed E-state index contributed by atoms with van der Waals surface area (Å²) in [7, 11) is 4.11. The fourth-order valence-corrected chi connectivity index (χ4v) is 2.65. The Kier molecular flexibility index (Phi) is 2.98. The summed E-state index contributed by atoms with van der Waals surface area (Å²) in [4.78, 5) is 16.0. The zero-order valence-electron chi connectivity index (χ0n) is 11.1. The van der Waals surface area contributed by atoms with E-state index in [2.05, 4.69) is 29.2 Å². The Morgan fingerprint density at radius 3 is 3.05 bits per heavy atom. The Morgan fingerprint density at radius 2 is 2.32 bits per heavy atom. The van der Waals surface area contributed by atoms with E-state index in [0.717, 1.165) is 28.6 Å². The second kappa shape index (κ2) is 4.66. The first-order chi connectivity index (χ1) is 9.20. The number of H-pyrrole nitrogens is 1. The van der Waals surface area contributed by atoms with Crippen molar-refractivity contribution >= 4 is 10.9 Å². The molecule has 2 heterocycles. The highest BCUT2D eigenvalue weighted by Crippen LogP contribution is 2.36. The van der Waals surface area contributed by atoms with Gasteiger partial charge in [-0.25, -0.2) is 0 Å². The first-order valence-electron chi connectivity index (χ1n) is 6.41. The number of hydrogen-bond acceptors (Lipinski definition) is 4. The molecule has 100 valence electrons. The van der Waals surface area contributed by atoms with E-state index in [1.807, 2.05) is 18.3 Å². The second-order valence-electron chi connectivity index (χ2n) is 5.21. The molecule has 1 aromatic carbocycles. The van der Waals surface area contributed by atoms with Crippen LogP contribution in [0.15, 0.2) is 23.5 Å². The molecule has 0 bridgehead atoms. The average molecular weight is 259 g/mol. The molecule has 1 unspecified atom stereocenters. The smallest absolute Gasteiger partial charge is 0.134 e. The molecule has 0 fully saturated rings. The van der Waals surface area contributed by atoms with Crippen molar-refractivity contribution < 1.29 is 4.74 Å². The van der Waals surface area contributed by atoms with Crippen LogP contribution in [-0.4, -0.2) is 36.6 Å². The number of nitrogens with zero attached hydrogens (tertiary/aromatic N) is 2. The molecular weight excluding hydrogens is 242 g/mol. The number of rotatable bonds is 3. The van der Waals surface area contributed by atoms with Gasteiger partial charge in [0, 0.05) is 28.7 Å². The van der Waals surface area contributed by atoms with Gasteiger partial charge in [0.05, 0.1) is 0 Å². The molecule has 3 rings (SSSR count). The minimum atomic E-state index is 0.155. The lowest BCUT2D eigenvalue weighted by molar-refractivity contribution is 0.189. The molecule has 1 aliphatic heterocycles. The van der Waals surface area contributed by atoms with Crippen LogP contribution in [0.4, 0.5) is 0 Å². The normalized spacial score (nSPS) is 18.4. The number of aromatic amines is 1. The number of nitrogens with one attached hydrogen (secondary N) is 1. The molecule has 0 aliphatic carbocycles. The number of aromatic nitrogens is 1. The Bertz CT molecular complexity index is 618. The van der Waals surface area contributed by atoms with Crippen LogP contribution in [0.5, 0.6) is 5.75 Å². The van der Waals surface area contributed by atoms with Gasteiger partial charge in [-0.2, -0.15) is 4.91 Å². The molecule has 0 saturated carbocycles. The quantitative estimate of drug-likeness (QED) is 0.860. The van der Waals surface area contributed by atoms with Crippen molar-refractivity contribution in [2.24, 2.45) is 5.18 Å². The second-order valence-corrected chi connectivity index (χ2v) is 5.21. The van der Waals surface area contributed by atoms with E-state index in [0.29, 0.717) is 12.6 Å². The maximum atomic E-state index is 10.6. The molecular formula is C14H17N3O2. The summed E-state index contributed by atoms with van der Waals surface area (Å²) in [6, 6.07) is 4.24. The number of hydrogen-bond donors (Lipinski definition) is 1. The predicted octanol–water partition coefficient (Wildman–Crippen LogP) is 2.30. The van der Waals surface area contributed by atoms with E-state index in [1.54, 1.807) is 0 Å². The summed E-state index contributed by atoms with van der Waals surface area (Å²) in [5, 5.41) is 4.10. The monoisotopic (exact) mass is 259 g/mol. The van der Waals surface area contributed by atoms with Gasteiger partial charge in [-0.15, -0.1) is 0 Å². The van der Waals surface area contributed by atoms with Crippen molar-refractivity contribution in [3.63, 3.8) is 0 Å². The molecule has 0 spiro atoms. The van der Waals surface area contributed by atoms with Gasteiger partial charge >= 0.3 is 0 Å². The summed E-state index contributed by atoms with van der Waals surface area (Å²) in [6.45, 7) is 0.787. The molecule has 1 atom stereocenters. The minimum Gasteiger partial charge on any atom is -0.491 e. The molecule has 1 aliphatic rings. The molecule has 1 aromatic heterocycles. The standard InChI is InChI=1S/C14H17N3O2/c1-17(2)11-5-10-6-15-12-4-3-9(7-16-18)14(13(10)12)19-8-11/h3-4,6,11,15H,5,7-8H2,1-2H3. The lowest BCUT2D eigenvalue weighted by Crippen LogP contribution is -2.34. The Morgan fingerprint density at radius 1 is 1.47 bits per heavy atom. The number of likely N-dealkylation sites (N-methyl/N-ethyl adjacent to an activating group) is 1. The summed E-state index contributed by atoms with van der Waals surface area (Å²) < 4.78 is 5.98. The first-order valence-corrected chi connectivity index (χ1v) is 6.41. The van der Waals surface area contributed by atoms with Crippen LogP contribution in [0, 0.1) is 4.91 Å². The average Bonchev–Trinajstić information content (AvgIpc) is 2.67. The topological polar surface area (TPSA) is 57.7 Å². The Hall–Kier alpha value is -1.88. The van der Waals surface area contributed by atoms with Crippen molar-refractivity contribution in [2.45, 2.75) is 19.0 Å². The Balaban J connectivity index is 2.13. The van der Waals surface area contributed by atoms with E-state index < -0.39 is 0 Å². The fraction of sp³-hybridized carbons (Fsp3) is 0.429. The lowest BCUT2D eigenvalue weighted by Gasteiger charge is -2.22. The van der Waals surface area contributed by atoms with Crippen molar-refractivity contribution in [1.82, 2.24) is 9.88 Å². The molecule has 1 N–H and O–H groups in total. The minimum absolute atomic E-state index is 0.155. The van der Waals surface area contributed by atoms with Crippen LogP contribution in [0.3, 0.4) is 0 Å². The van der Waals surface area contributed by atoms with Crippen LogP contribution >= 0.6 is 0 Å². The van der Waals surface area contributed by atoms with Crippen LogP contribution in [-0.2, 0) is 13.0 Å². The molecule has 5 nitrogen and oxygen atoms in total. The van der Waals surface area contributed by atoms with Crippen LogP contribution in [0.25, 0.3) is 10.9 Å². The molecule has 0 saturated heterocycles. The molecule has 19 heavy (non-hydrogen) atoms. The Labute approximate surface area is 111 Å². The molecule has 0 amide bonds. The summed E-state index contributed by atoms with van der Waals surface area (Å²) in [6.07, 6.45) is 2.98. The summed E-state index contributed by atoms with van der Waals surface area (Å²) >= 11 is 0. The highest BCUT2D eigenvalue weighted by atomic mass is 16.5. The number of ether oxygens (including phenoxy) is 1. The number of nitroso groups, excluding NO2 is 1. The van der Waals surface area contributed by atoms with Gasteiger partial charge in [0.1, 0.15) is 18.9 Å². The van der Waals surface area contributed by atoms with E-state index in [1.165, 1.54) is 5.56 Å². The van der Waals surface area contributed by atoms with Gasteiger partial charge in [-0.05, 0) is 32.1 Å². The largest absolute Gasteiger partial charge is 0.491 e. The van der Waals surface area contributed by atoms with Crippen LogP contribution in [0.2, 0.25) is 0 Å². The fourth-order valence-electron chi connectivity index (χ4n) is 2.65. The van der Waals surface area contributed by atoms with E-state index in [-0.39, 0.29) is 6.54 Å². The van der Waals surface area contributed by atoms with Gasteiger partial charge in [-0.3, -0.25) is 0 Å².